The third-order valence-corrected chi connectivity index (χ3v) is 3.30. The molecule has 0 radical (unpaired) electrons. The summed E-state index contributed by atoms with van der Waals surface area (Å²) in [6.45, 7) is 7.40. The summed E-state index contributed by atoms with van der Waals surface area (Å²) in [5.41, 5.74) is 1.16. The number of aromatic nitrogens is 2. The zero-order chi connectivity index (χ0) is 13.0. The summed E-state index contributed by atoms with van der Waals surface area (Å²) in [6.07, 6.45) is 3.00. The Hall–Kier alpha value is -1.20. The van der Waals surface area contributed by atoms with Crippen molar-refractivity contribution >= 4 is 5.82 Å². The van der Waals surface area contributed by atoms with Gasteiger partial charge < -0.3 is 15.0 Å². The molecule has 1 aromatic heterocycles. The molecule has 1 atom stereocenters. The molecular formula is C13H22N4O. The summed E-state index contributed by atoms with van der Waals surface area (Å²) >= 11 is 0. The van der Waals surface area contributed by atoms with Gasteiger partial charge in [-0.25, -0.2) is 9.97 Å². The number of aryl methyl sites for hydroxylation is 1. The van der Waals surface area contributed by atoms with Crippen molar-refractivity contribution in [1.29, 1.82) is 0 Å². The molecule has 1 aromatic rings. The second-order valence-corrected chi connectivity index (χ2v) is 4.63. The maximum Gasteiger partial charge on any atom is 0.137 e. The molecule has 1 aliphatic rings. The minimum absolute atomic E-state index is 0.420. The van der Waals surface area contributed by atoms with Crippen molar-refractivity contribution in [2.75, 3.05) is 31.7 Å². The molecule has 1 unspecified atom stereocenters. The van der Waals surface area contributed by atoms with E-state index in [-0.39, 0.29) is 0 Å². The highest BCUT2D eigenvalue weighted by molar-refractivity contribution is 5.47. The first-order valence-corrected chi connectivity index (χ1v) is 6.57. The fourth-order valence-electron chi connectivity index (χ4n) is 2.32. The highest BCUT2D eigenvalue weighted by Crippen LogP contribution is 2.23. The van der Waals surface area contributed by atoms with Crippen LogP contribution in [0, 0.1) is 6.92 Å². The van der Waals surface area contributed by atoms with E-state index in [0.717, 1.165) is 49.9 Å². The van der Waals surface area contributed by atoms with Crippen LogP contribution in [0.15, 0.2) is 6.20 Å². The molecule has 0 saturated carbocycles. The van der Waals surface area contributed by atoms with E-state index in [1.807, 2.05) is 20.2 Å². The first-order valence-electron chi connectivity index (χ1n) is 6.57. The summed E-state index contributed by atoms with van der Waals surface area (Å²) in [6, 6.07) is 0.420. The van der Waals surface area contributed by atoms with E-state index in [2.05, 4.69) is 27.1 Å². The normalized spacial score (nSPS) is 20.2. The molecule has 1 N–H and O–H groups in total. The smallest absolute Gasteiger partial charge is 0.137 e. The maximum absolute atomic E-state index is 5.55. The maximum atomic E-state index is 5.55. The zero-order valence-corrected chi connectivity index (χ0v) is 11.4. The Morgan fingerprint density at radius 1 is 1.56 bits per heavy atom. The summed E-state index contributed by atoms with van der Waals surface area (Å²) in [5.74, 6) is 1.89. The van der Waals surface area contributed by atoms with Gasteiger partial charge in [0.1, 0.15) is 11.6 Å². The van der Waals surface area contributed by atoms with Crippen LogP contribution in [0.5, 0.6) is 0 Å². The average Bonchev–Trinajstić information content (AvgIpc) is 2.41. The van der Waals surface area contributed by atoms with Crippen molar-refractivity contribution < 1.29 is 4.74 Å². The van der Waals surface area contributed by atoms with Crippen LogP contribution in [0.2, 0.25) is 0 Å². The Bertz CT molecular complexity index is 397. The summed E-state index contributed by atoms with van der Waals surface area (Å²) < 4.78 is 5.55. The Balaban J connectivity index is 2.31. The van der Waals surface area contributed by atoms with Gasteiger partial charge in [0.25, 0.3) is 0 Å². The lowest BCUT2D eigenvalue weighted by Gasteiger charge is -2.37. The van der Waals surface area contributed by atoms with Crippen LogP contribution in [0.4, 0.5) is 5.82 Å². The van der Waals surface area contributed by atoms with E-state index in [1.54, 1.807) is 0 Å². The van der Waals surface area contributed by atoms with E-state index in [9.17, 15) is 0 Å². The Morgan fingerprint density at radius 2 is 2.39 bits per heavy atom. The lowest BCUT2D eigenvalue weighted by atomic mass is 10.1. The molecule has 2 rings (SSSR count). The molecule has 100 valence electrons. The largest absolute Gasteiger partial charge is 0.377 e. The van der Waals surface area contributed by atoms with Gasteiger partial charge >= 0.3 is 0 Å². The molecule has 1 saturated heterocycles. The van der Waals surface area contributed by atoms with Crippen molar-refractivity contribution in [2.24, 2.45) is 0 Å². The highest BCUT2D eigenvalue weighted by atomic mass is 16.5. The van der Waals surface area contributed by atoms with Crippen molar-refractivity contribution in [3.05, 3.63) is 17.6 Å². The van der Waals surface area contributed by atoms with Gasteiger partial charge in [-0.05, 0) is 20.4 Å². The Kier molecular flexibility index (Phi) is 4.49. The van der Waals surface area contributed by atoms with Crippen molar-refractivity contribution in [1.82, 2.24) is 15.3 Å². The van der Waals surface area contributed by atoms with Crippen LogP contribution < -0.4 is 10.2 Å². The van der Waals surface area contributed by atoms with Crippen LogP contribution in [-0.2, 0) is 11.3 Å². The SMILES string of the molecule is CCC1COCCN1c1nc(C)ncc1CNC. The van der Waals surface area contributed by atoms with Crippen molar-refractivity contribution in [3.63, 3.8) is 0 Å². The fourth-order valence-corrected chi connectivity index (χ4v) is 2.32. The molecule has 2 heterocycles. The lowest BCUT2D eigenvalue weighted by molar-refractivity contribution is 0.0924. The first kappa shape index (κ1) is 13.2. The zero-order valence-electron chi connectivity index (χ0n) is 11.4. The molecule has 0 amide bonds. The second kappa shape index (κ2) is 6.11. The van der Waals surface area contributed by atoms with Crippen molar-refractivity contribution in [3.8, 4) is 0 Å². The fraction of sp³-hybridized carbons (Fsp3) is 0.692. The number of rotatable bonds is 4. The van der Waals surface area contributed by atoms with Gasteiger partial charge in [-0.2, -0.15) is 0 Å². The third-order valence-electron chi connectivity index (χ3n) is 3.30. The molecule has 1 fully saturated rings. The number of morpholine rings is 1. The van der Waals surface area contributed by atoms with Crippen LogP contribution in [0.1, 0.15) is 24.7 Å². The average molecular weight is 250 g/mol. The predicted molar refractivity (Wildman–Crippen MR) is 71.8 cm³/mol. The molecule has 0 aromatic carbocycles. The van der Waals surface area contributed by atoms with E-state index >= 15 is 0 Å². The molecule has 5 nitrogen and oxygen atoms in total. The molecule has 0 aliphatic carbocycles. The van der Waals surface area contributed by atoms with Gasteiger partial charge in [0.15, 0.2) is 0 Å². The molecular weight excluding hydrogens is 228 g/mol. The minimum atomic E-state index is 0.420. The van der Waals surface area contributed by atoms with E-state index in [0.29, 0.717) is 6.04 Å². The van der Waals surface area contributed by atoms with E-state index in [4.69, 9.17) is 4.74 Å². The standard InChI is InChI=1S/C13H22N4O/c1-4-12-9-18-6-5-17(12)13-11(7-14-3)8-15-10(2)16-13/h8,12,14H,4-7,9H2,1-3H3. The number of ether oxygens (including phenoxy) is 1. The summed E-state index contributed by atoms with van der Waals surface area (Å²) in [5, 5.41) is 3.18. The summed E-state index contributed by atoms with van der Waals surface area (Å²) in [4.78, 5) is 11.3. The van der Waals surface area contributed by atoms with Crippen molar-refractivity contribution in [2.45, 2.75) is 32.9 Å². The van der Waals surface area contributed by atoms with Gasteiger partial charge in [-0.15, -0.1) is 0 Å². The van der Waals surface area contributed by atoms with Gasteiger partial charge in [0.2, 0.25) is 0 Å². The highest BCUT2D eigenvalue weighted by Gasteiger charge is 2.24. The van der Waals surface area contributed by atoms with Crippen LogP contribution in [0.25, 0.3) is 0 Å². The van der Waals surface area contributed by atoms with Gasteiger partial charge in [0, 0.05) is 24.8 Å². The van der Waals surface area contributed by atoms with Gasteiger partial charge in [-0.3, -0.25) is 0 Å². The van der Waals surface area contributed by atoms with Crippen LogP contribution in [0.3, 0.4) is 0 Å². The number of hydrogen-bond donors (Lipinski definition) is 1. The Labute approximate surface area is 109 Å². The van der Waals surface area contributed by atoms with Crippen LogP contribution >= 0.6 is 0 Å². The number of anilines is 1. The molecule has 5 heteroatoms. The molecule has 18 heavy (non-hydrogen) atoms. The second-order valence-electron chi connectivity index (χ2n) is 4.63. The minimum Gasteiger partial charge on any atom is -0.377 e. The van der Waals surface area contributed by atoms with E-state index < -0.39 is 0 Å². The monoisotopic (exact) mass is 250 g/mol. The Morgan fingerprint density at radius 3 is 3.11 bits per heavy atom. The topological polar surface area (TPSA) is 50.3 Å². The number of nitrogens with zero attached hydrogens (tertiary/aromatic N) is 3. The molecule has 0 bridgehead atoms. The molecule has 1 aliphatic heterocycles. The molecule has 0 spiro atoms. The quantitative estimate of drug-likeness (QED) is 0.868. The van der Waals surface area contributed by atoms with E-state index in [1.165, 1.54) is 0 Å². The van der Waals surface area contributed by atoms with Crippen LogP contribution in [-0.4, -0.2) is 42.8 Å². The van der Waals surface area contributed by atoms with Gasteiger partial charge in [0.05, 0.1) is 19.3 Å². The van der Waals surface area contributed by atoms with Gasteiger partial charge in [-0.1, -0.05) is 6.92 Å². The number of hydrogen-bond acceptors (Lipinski definition) is 5. The predicted octanol–water partition coefficient (Wildman–Crippen LogP) is 1.12. The lowest BCUT2D eigenvalue weighted by Crippen LogP contribution is -2.46. The first-order chi connectivity index (χ1) is 8.76. The summed E-state index contributed by atoms with van der Waals surface area (Å²) in [7, 11) is 1.94. The number of nitrogens with one attached hydrogen (secondary N) is 1. The third kappa shape index (κ3) is 2.79.